The van der Waals surface area contributed by atoms with Crippen molar-refractivity contribution in [2.45, 2.75) is 149 Å². The summed E-state index contributed by atoms with van der Waals surface area (Å²) in [6.07, 6.45) is 25.8. The van der Waals surface area contributed by atoms with Gasteiger partial charge in [0.2, 0.25) is 0 Å². The van der Waals surface area contributed by atoms with Crippen LogP contribution in [0.1, 0.15) is 143 Å². The lowest BCUT2D eigenvalue weighted by Gasteiger charge is -2.38. The van der Waals surface area contributed by atoms with Crippen molar-refractivity contribution < 1.29 is 4.43 Å². The van der Waals surface area contributed by atoms with Gasteiger partial charge in [0.1, 0.15) is 10.5 Å². The van der Waals surface area contributed by atoms with Gasteiger partial charge in [-0.1, -0.05) is 118 Å². The summed E-state index contributed by atoms with van der Waals surface area (Å²) in [4.78, 5) is 0. The molecule has 0 fully saturated rings. The highest BCUT2D eigenvalue weighted by atomic mass is 28.2. The van der Waals surface area contributed by atoms with Crippen LogP contribution in [0.5, 0.6) is 0 Å². The van der Waals surface area contributed by atoms with Gasteiger partial charge in [-0.15, -0.1) is 0 Å². The molecule has 0 spiro atoms. The van der Waals surface area contributed by atoms with Crippen molar-refractivity contribution in [1.82, 2.24) is 0 Å². The molecule has 0 saturated heterocycles. The van der Waals surface area contributed by atoms with Gasteiger partial charge in [0, 0.05) is 6.10 Å². The maximum atomic E-state index is 6.04. The zero-order valence-electron chi connectivity index (χ0n) is 19.2. The number of hydrogen-bond acceptors (Lipinski definition) is 1. The van der Waals surface area contributed by atoms with Crippen LogP contribution < -0.4 is 0 Å². The molecule has 0 bridgehead atoms. The van der Waals surface area contributed by atoms with E-state index in [1.54, 1.807) is 0 Å². The van der Waals surface area contributed by atoms with E-state index in [9.17, 15) is 0 Å². The molecule has 0 saturated carbocycles. The summed E-state index contributed by atoms with van der Waals surface area (Å²) in [7, 11) is 0.888. The van der Waals surface area contributed by atoms with Gasteiger partial charge in [0.15, 0.2) is 0 Å². The van der Waals surface area contributed by atoms with E-state index >= 15 is 0 Å². The van der Waals surface area contributed by atoms with E-state index in [4.69, 9.17) is 4.43 Å². The zero-order chi connectivity index (χ0) is 19.5. The van der Waals surface area contributed by atoms with Crippen LogP contribution in [0.25, 0.3) is 0 Å². The maximum absolute atomic E-state index is 6.04. The van der Waals surface area contributed by atoms with Crippen molar-refractivity contribution in [1.29, 1.82) is 0 Å². The van der Waals surface area contributed by atoms with Gasteiger partial charge in [0.25, 0.3) is 0 Å². The first kappa shape index (κ1) is 26.2. The molecule has 0 aromatic carbocycles. The van der Waals surface area contributed by atoms with E-state index in [1.165, 1.54) is 116 Å². The van der Waals surface area contributed by atoms with E-state index in [2.05, 4.69) is 27.7 Å². The molecule has 158 valence electrons. The van der Waals surface area contributed by atoms with Crippen LogP contribution >= 0.6 is 0 Å². The number of rotatable bonds is 20. The molecule has 0 aliphatic rings. The summed E-state index contributed by atoms with van der Waals surface area (Å²) in [6, 6.07) is 0. The molecule has 0 aliphatic heterocycles. The van der Waals surface area contributed by atoms with Gasteiger partial charge in [-0.25, -0.2) is 0 Å². The fourth-order valence-electron chi connectivity index (χ4n) is 4.63. The molecule has 0 amide bonds. The van der Waals surface area contributed by atoms with Crippen LogP contribution in [0.15, 0.2) is 0 Å². The van der Waals surface area contributed by atoms with Crippen LogP contribution in [0.2, 0.25) is 0 Å². The summed E-state index contributed by atoms with van der Waals surface area (Å²) in [5.41, 5.74) is 0.443. The summed E-state index contributed by atoms with van der Waals surface area (Å²) in [5.74, 6) is 0. The minimum Gasteiger partial charge on any atom is -0.424 e. The van der Waals surface area contributed by atoms with Crippen LogP contribution in [-0.4, -0.2) is 16.6 Å². The molecule has 1 nitrogen and oxygen atoms in total. The Hall–Kier alpha value is 0.177. The van der Waals surface area contributed by atoms with Gasteiger partial charge in [-0.3, -0.25) is 0 Å². The maximum Gasteiger partial charge on any atom is 0.146 e. The minimum absolute atomic E-state index is 0.443. The fraction of sp³-hybridized carbons (Fsp3) is 1.00. The molecule has 0 aliphatic carbocycles. The SMILES string of the molecule is CCCCCCCCCCCCCCCCC(O[SiH3])C(CC)(CC)CC. The Morgan fingerprint density at radius 1 is 0.577 bits per heavy atom. The van der Waals surface area contributed by atoms with Gasteiger partial charge >= 0.3 is 0 Å². The van der Waals surface area contributed by atoms with Crippen molar-refractivity contribution >= 4 is 10.5 Å². The van der Waals surface area contributed by atoms with Gasteiger partial charge in [0.05, 0.1) is 0 Å². The first-order valence-electron chi connectivity index (χ1n) is 12.2. The highest BCUT2D eigenvalue weighted by Crippen LogP contribution is 2.38. The summed E-state index contributed by atoms with van der Waals surface area (Å²) < 4.78 is 6.04. The molecular weight excluding hydrogens is 332 g/mol. The highest BCUT2D eigenvalue weighted by molar-refractivity contribution is 5.98. The molecule has 0 aromatic heterocycles. The van der Waals surface area contributed by atoms with Crippen molar-refractivity contribution in [2.24, 2.45) is 5.41 Å². The summed E-state index contributed by atoms with van der Waals surface area (Å²) in [5, 5.41) is 0. The second-order valence-corrected chi connectivity index (χ2v) is 9.00. The molecular formula is C24H52OSi. The first-order chi connectivity index (χ1) is 12.7. The lowest BCUT2D eigenvalue weighted by Crippen LogP contribution is -2.35. The van der Waals surface area contributed by atoms with E-state index < -0.39 is 0 Å². The quantitative estimate of drug-likeness (QED) is 0.154. The van der Waals surface area contributed by atoms with Crippen LogP contribution in [0, 0.1) is 5.41 Å². The normalized spacial score (nSPS) is 13.4. The third-order valence-electron chi connectivity index (χ3n) is 6.90. The fourth-order valence-corrected chi connectivity index (χ4v) is 5.37. The van der Waals surface area contributed by atoms with Crippen molar-refractivity contribution in [3.8, 4) is 0 Å². The van der Waals surface area contributed by atoms with Crippen molar-refractivity contribution in [2.75, 3.05) is 0 Å². The zero-order valence-corrected chi connectivity index (χ0v) is 21.2. The van der Waals surface area contributed by atoms with Gasteiger partial charge < -0.3 is 4.43 Å². The molecule has 0 N–H and O–H groups in total. The Morgan fingerprint density at radius 3 is 1.23 bits per heavy atom. The van der Waals surface area contributed by atoms with Gasteiger partial charge in [-0.05, 0) is 31.1 Å². The molecule has 1 atom stereocenters. The van der Waals surface area contributed by atoms with Gasteiger partial charge in [-0.2, -0.15) is 0 Å². The molecule has 0 heterocycles. The number of unbranched alkanes of at least 4 members (excludes halogenated alkanes) is 13. The number of hydrogen-bond donors (Lipinski definition) is 0. The Morgan fingerprint density at radius 2 is 0.923 bits per heavy atom. The average molecular weight is 385 g/mol. The topological polar surface area (TPSA) is 9.23 Å². The van der Waals surface area contributed by atoms with Crippen LogP contribution in [0.4, 0.5) is 0 Å². The molecule has 0 rings (SSSR count). The molecule has 1 unspecified atom stereocenters. The van der Waals surface area contributed by atoms with E-state index in [0.29, 0.717) is 11.5 Å². The van der Waals surface area contributed by atoms with Crippen LogP contribution in [0.3, 0.4) is 0 Å². The second-order valence-electron chi connectivity index (χ2n) is 8.53. The molecule has 0 radical (unpaired) electrons. The Kier molecular flexibility index (Phi) is 18.7. The highest BCUT2D eigenvalue weighted by Gasteiger charge is 2.33. The Balaban J connectivity index is 3.52. The van der Waals surface area contributed by atoms with E-state index in [1.807, 2.05) is 0 Å². The average Bonchev–Trinajstić information content (AvgIpc) is 2.68. The smallest absolute Gasteiger partial charge is 0.146 e. The third-order valence-corrected chi connectivity index (χ3v) is 7.47. The first-order valence-corrected chi connectivity index (χ1v) is 13.0. The lowest BCUT2D eigenvalue weighted by atomic mass is 9.73. The predicted molar refractivity (Wildman–Crippen MR) is 123 cm³/mol. The lowest BCUT2D eigenvalue weighted by molar-refractivity contribution is 0.0325. The van der Waals surface area contributed by atoms with Crippen LogP contribution in [-0.2, 0) is 4.43 Å². The molecule has 26 heavy (non-hydrogen) atoms. The largest absolute Gasteiger partial charge is 0.424 e. The third kappa shape index (κ3) is 11.8. The van der Waals surface area contributed by atoms with E-state index in [-0.39, 0.29) is 0 Å². The molecule has 2 heteroatoms. The minimum atomic E-state index is 0.443. The predicted octanol–water partition coefficient (Wildman–Crippen LogP) is 7.74. The van der Waals surface area contributed by atoms with Crippen molar-refractivity contribution in [3.05, 3.63) is 0 Å². The Bertz CT molecular complexity index is 267. The standard InChI is InChI=1S/C24H52OSi/c1-5-9-10-11-12-13-14-15-16-17-18-19-20-21-22-23(25-26)24(6-2,7-3)8-4/h23H,5-22H2,1-4,26H3. The second kappa shape index (κ2) is 18.5. The van der Waals surface area contributed by atoms with Crippen molar-refractivity contribution in [3.63, 3.8) is 0 Å². The summed E-state index contributed by atoms with van der Waals surface area (Å²) >= 11 is 0. The molecule has 0 aromatic rings. The van der Waals surface area contributed by atoms with E-state index in [0.717, 1.165) is 10.5 Å². The Labute approximate surface area is 170 Å². The monoisotopic (exact) mass is 384 g/mol. The summed E-state index contributed by atoms with van der Waals surface area (Å²) in [6.45, 7) is 9.36.